The van der Waals surface area contributed by atoms with Crippen LogP contribution in [0.3, 0.4) is 0 Å². The molecule has 5 N–H and O–H groups in total. The fourth-order valence-corrected chi connectivity index (χ4v) is 3.34. The maximum atomic E-state index is 13.6. The molecule has 1 rings (SSSR count). The number of hydrogen-bond donors (Lipinski definition) is 3. The molecule has 114 valence electrons. The summed E-state index contributed by atoms with van der Waals surface area (Å²) in [5.74, 6) is -1.34. The monoisotopic (exact) mass is 389 g/mol. The van der Waals surface area contributed by atoms with Crippen LogP contribution in [0.2, 0.25) is 0 Å². The minimum absolute atomic E-state index is 0.0221. The third kappa shape index (κ3) is 4.98. The van der Waals surface area contributed by atoms with Gasteiger partial charge in [0.2, 0.25) is 20.0 Å². The molecule has 0 fully saturated rings. The molecular weight excluding hydrogens is 377 g/mol. The average Bonchev–Trinajstić information content (AvgIpc) is 2.28. The van der Waals surface area contributed by atoms with Crippen LogP contribution in [0.5, 0.6) is 0 Å². The van der Waals surface area contributed by atoms with Gasteiger partial charge in [-0.15, -0.1) is 0 Å². The van der Waals surface area contributed by atoms with Gasteiger partial charge in [-0.3, -0.25) is 0 Å². The number of benzene rings is 1. The SMILES string of the molecule is Nc1cc(S(=O)(=O)NCCCS(N)(=O)=O)c(F)cc1Br. The summed E-state index contributed by atoms with van der Waals surface area (Å²) in [7, 11) is -7.77. The van der Waals surface area contributed by atoms with Crippen molar-refractivity contribution in [3.05, 3.63) is 22.4 Å². The third-order valence-corrected chi connectivity index (χ3v) is 5.26. The summed E-state index contributed by atoms with van der Waals surface area (Å²) in [4.78, 5) is -0.603. The first-order valence-corrected chi connectivity index (χ1v) is 9.27. The van der Waals surface area contributed by atoms with Gasteiger partial charge in [-0.25, -0.2) is 31.1 Å². The lowest BCUT2D eigenvalue weighted by Gasteiger charge is -2.09. The lowest BCUT2D eigenvalue weighted by atomic mass is 10.3. The van der Waals surface area contributed by atoms with E-state index in [0.29, 0.717) is 0 Å². The molecular formula is C9H13BrFN3O4S2. The number of hydrogen-bond acceptors (Lipinski definition) is 5. The van der Waals surface area contributed by atoms with Crippen molar-refractivity contribution >= 4 is 41.7 Å². The van der Waals surface area contributed by atoms with E-state index < -0.39 is 30.8 Å². The number of nitrogens with one attached hydrogen (secondary N) is 1. The molecule has 0 bridgehead atoms. The molecule has 1 aromatic carbocycles. The Morgan fingerprint density at radius 2 is 1.85 bits per heavy atom. The topological polar surface area (TPSA) is 132 Å². The van der Waals surface area contributed by atoms with Crippen molar-refractivity contribution in [1.29, 1.82) is 0 Å². The first-order chi connectivity index (χ1) is 9.03. The zero-order chi connectivity index (χ0) is 15.6. The highest BCUT2D eigenvalue weighted by molar-refractivity contribution is 9.10. The van der Waals surface area contributed by atoms with Gasteiger partial charge in [0, 0.05) is 16.7 Å². The largest absolute Gasteiger partial charge is 0.398 e. The Morgan fingerprint density at radius 3 is 2.40 bits per heavy atom. The number of anilines is 1. The van der Waals surface area contributed by atoms with Crippen LogP contribution in [0, 0.1) is 5.82 Å². The fourth-order valence-electron chi connectivity index (χ4n) is 1.31. The van der Waals surface area contributed by atoms with E-state index in [1.165, 1.54) is 0 Å². The van der Waals surface area contributed by atoms with Gasteiger partial charge in [-0.05, 0) is 34.5 Å². The molecule has 0 unspecified atom stereocenters. The predicted molar refractivity (Wildman–Crippen MR) is 76.3 cm³/mol. The Kier molecular flexibility index (Phi) is 5.49. The summed E-state index contributed by atoms with van der Waals surface area (Å²) in [6.45, 7) is -0.186. The Morgan fingerprint density at radius 1 is 1.25 bits per heavy atom. The van der Waals surface area contributed by atoms with Gasteiger partial charge in [0.15, 0.2) is 0 Å². The standard InChI is InChI=1S/C9H13BrFN3O4S2/c10-6-4-7(11)9(5-8(6)12)20(17,18)14-2-1-3-19(13,15)16/h4-5,14H,1-3,12H2,(H2,13,15,16). The van der Waals surface area contributed by atoms with Crippen LogP contribution >= 0.6 is 15.9 Å². The molecule has 11 heteroatoms. The molecule has 20 heavy (non-hydrogen) atoms. The quantitative estimate of drug-likeness (QED) is 0.469. The molecule has 0 aliphatic carbocycles. The van der Waals surface area contributed by atoms with E-state index in [9.17, 15) is 21.2 Å². The van der Waals surface area contributed by atoms with E-state index >= 15 is 0 Å². The average molecular weight is 390 g/mol. The molecule has 0 saturated heterocycles. The van der Waals surface area contributed by atoms with Gasteiger partial charge < -0.3 is 5.73 Å². The second-order valence-electron chi connectivity index (χ2n) is 3.92. The van der Waals surface area contributed by atoms with Crippen molar-refractivity contribution in [2.75, 3.05) is 18.0 Å². The van der Waals surface area contributed by atoms with Gasteiger partial charge in [0.05, 0.1) is 5.75 Å². The Labute approximate surface area is 124 Å². The van der Waals surface area contributed by atoms with Crippen molar-refractivity contribution in [2.45, 2.75) is 11.3 Å². The van der Waals surface area contributed by atoms with Crippen molar-refractivity contribution in [3.8, 4) is 0 Å². The van der Waals surface area contributed by atoms with Crippen LogP contribution in [0.1, 0.15) is 6.42 Å². The fraction of sp³-hybridized carbons (Fsp3) is 0.333. The first-order valence-electron chi connectivity index (χ1n) is 5.27. The molecule has 0 aromatic heterocycles. The molecule has 0 heterocycles. The van der Waals surface area contributed by atoms with E-state index in [1.54, 1.807) is 0 Å². The summed E-state index contributed by atoms with van der Waals surface area (Å²) in [6, 6.07) is 1.91. The Balaban J connectivity index is 2.82. The van der Waals surface area contributed by atoms with Crippen LogP contribution in [0.25, 0.3) is 0 Å². The Hall–Kier alpha value is -0.750. The van der Waals surface area contributed by atoms with Crippen molar-refractivity contribution in [2.24, 2.45) is 5.14 Å². The van der Waals surface area contributed by atoms with Crippen LogP contribution < -0.4 is 15.6 Å². The minimum atomic E-state index is -4.11. The zero-order valence-electron chi connectivity index (χ0n) is 10.1. The van der Waals surface area contributed by atoms with Gasteiger partial charge in [-0.1, -0.05) is 0 Å². The summed E-state index contributed by atoms with van der Waals surface area (Å²) in [6.07, 6.45) is -0.0221. The van der Waals surface area contributed by atoms with Crippen LogP contribution in [-0.2, 0) is 20.0 Å². The first kappa shape index (κ1) is 17.3. The zero-order valence-corrected chi connectivity index (χ0v) is 13.4. The molecule has 1 aromatic rings. The van der Waals surface area contributed by atoms with Crippen LogP contribution in [0.4, 0.5) is 10.1 Å². The highest BCUT2D eigenvalue weighted by Gasteiger charge is 2.20. The molecule has 0 aliphatic rings. The molecule has 0 saturated carbocycles. The molecule has 0 aliphatic heterocycles. The van der Waals surface area contributed by atoms with E-state index in [2.05, 4.69) is 20.7 Å². The highest BCUT2D eigenvalue weighted by Crippen LogP contribution is 2.25. The summed E-state index contributed by atoms with van der Waals surface area (Å²) < 4.78 is 61.0. The van der Waals surface area contributed by atoms with E-state index in [4.69, 9.17) is 10.9 Å². The number of nitrogen functional groups attached to an aromatic ring is 1. The number of sulfonamides is 2. The van der Waals surface area contributed by atoms with Crippen LogP contribution in [-0.4, -0.2) is 29.1 Å². The van der Waals surface area contributed by atoms with Crippen molar-refractivity contribution < 1.29 is 21.2 Å². The minimum Gasteiger partial charge on any atom is -0.398 e. The second kappa shape index (κ2) is 6.35. The van der Waals surface area contributed by atoms with E-state index in [-0.39, 0.29) is 28.9 Å². The maximum Gasteiger partial charge on any atom is 0.243 e. The highest BCUT2D eigenvalue weighted by atomic mass is 79.9. The molecule has 0 atom stereocenters. The molecule has 0 radical (unpaired) electrons. The normalized spacial score (nSPS) is 12.6. The van der Waals surface area contributed by atoms with Gasteiger partial charge in [0.25, 0.3) is 0 Å². The lowest BCUT2D eigenvalue weighted by Crippen LogP contribution is -2.28. The summed E-state index contributed by atoms with van der Waals surface area (Å²) in [5, 5.41) is 4.77. The number of primary sulfonamides is 1. The number of nitrogens with two attached hydrogens (primary N) is 2. The lowest BCUT2D eigenvalue weighted by molar-refractivity contribution is 0.555. The van der Waals surface area contributed by atoms with E-state index in [1.807, 2.05) is 0 Å². The van der Waals surface area contributed by atoms with Gasteiger partial charge in [-0.2, -0.15) is 0 Å². The van der Waals surface area contributed by atoms with Gasteiger partial charge in [0.1, 0.15) is 10.7 Å². The summed E-state index contributed by atoms with van der Waals surface area (Å²) in [5.41, 5.74) is 5.56. The Bertz CT molecular complexity index is 706. The predicted octanol–water partition coefficient (Wildman–Crippen LogP) is 0.127. The van der Waals surface area contributed by atoms with Crippen molar-refractivity contribution in [1.82, 2.24) is 4.72 Å². The molecule has 0 spiro atoms. The molecule has 7 nitrogen and oxygen atoms in total. The number of rotatable bonds is 6. The molecule has 0 amide bonds. The summed E-state index contributed by atoms with van der Waals surface area (Å²) >= 11 is 2.97. The third-order valence-electron chi connectivity index (χ3n) is 2.24. The smallest absolute Gasteiger partial charge is 0.243 e. The van der Waals surface area contributed by atoms with E-state index in [0.717, 1.165) is 12.1 Å². The number of halogens is 2. The van der Waals surface area contributed by atoms with Gasteiger partial charge >= 0.3 is 0 Å². The second-order valence-corrected chi connectivity index (χ2v) is 8.25. The van der Waals surface area contributed by atoms with Crippen LogP contribution in [0.15, 0.2) is 21.5 Å². The maximum absolute atomic E-state index is 13.6. The van der Waals surface area contributed by atoms with Crippen molar-refractivity contribution in [3.63, 3.8) is 0 Å².